The van der Waals surface area contributed by atoms with Gasteiger partial charge in [-0.15, -0.1) is 0 Å². The van der Waals surface area contributed by atoms with Gasteiger partial charge in [0.25, 0.3) is 0 Å². The molecule has 0 bridgehead atoms. The van der Waals surface area contributed by atoms with Crippen LogP contribution in [0.4, 0.5) is 22.0 Å². The van der Waals surface area contributed by atoms with Gasteiger partial charge in [-0.3, -0.25) is 4.79 Å². The molecule has 2 amide bonds. The van der Waals surface area contributed by atoms with E-state index in [0.29, 0.717) is 37.4 Å². The number of likely N-dealkylation sites (tertiary alicyclic amines) is 1. The third kappa shape index (κ3) is 5.88. The predicted molar refractivity (Wildman–Crippen MR) is 145 cm³/mol. The summed E-state index contributed by atoms with van der Waals surface area (Å²) in [7, 11) is 0. The number of carbonyl (C=O) groups is 2. The molecular weight excluding hydrogens is 468 g/mol. The highest BCUT2D eigenvalue weighted by Gasteiger charge is 2.24. The van der Waals surface area contributed by atoms with Crippen molar-refractivity contribution < 1.29 is 14.3 Å². The van der Waals surface area contributed by atoms with Crippen LogP contribution in [0.5, 0.6) is 0 Å². The van der Waals surface area contributed by atoms with Crippen molar-refractivity contribution in [3.63, 3.8) is 0 Å². The lowest BCUT2D eigenvalue weighted by atomic mass is 10.0. The first-order chi connectivity index (χ1) is 17.7. The first kappa shape index (κ1) is 24.3. The second-order valence-corrected chi connectivity index (χ2v) is 10.1. The highest BCUT2D eigenvalue weighted by Crippen LogP contribution is 2.27. The van der Waals surface area contributed by atoms with E-state index in [-0.39, 0.29) is 12.0 Å². The zero-order valence-corrected chi connectivity index (χ0v) is 21.2. The first-order valence-electron chi connectivity index (χ1n) is 12.3. The van der Waals surface area contributed by atoms with Gasteiger partial charge < -0.3 is 25.3 Å². The molecule has 0 saturated carbocycles. The van der Waals surface area contributed by atoms with Gasteiger partial charge in [-0.2, -0.15) is 0 Å². The Bertz CT molecular complexity index is 1490. The number of hydrogen-bond donors (Lipinski definition) is 3. The van der Waals surface area contributed by atoms with Crippen LogP contribution >= 0.6 is 0 Å². The highest BCUT2D eigenvalue weighted by atomic mass is 16.6. The van der Waals surface area contributed by atoms with Crippen LogP contribution in [-0.4, -0.2) is 50.5 Å². The van der Waals surface area contributed by atoms with Gasteiger partial charge in [-0.1, -0.05) is 5.57 Å². The minimum absolute atomic E-state index is 0.204. The van der Waals surface area contributed by atoms with Crippen LogP contribution in [0.25, 0.3) is 21.8 Å². The second-order valence-electron chi connectivity index (χ2n) is 10.1. The van der Waals surface area contributed by atoms with E-state index in [1.807, 2.05) is 69.4 Å². The number of amides is 2. The van der Waals surface area contributed by atoms with E-state index >= 15 is 0 Å². The van der Waals surface area contributed by atoms with E-state index in [2.05, 4.69) is 25.6 Å². The Morgan fingerprint density at radius 3 is 2.59 bits per heavy atom. The van der Waals surface area contributed by atoms with E-state index < -0.39 is 5.60 Å². The van der Waals surface area contributed by atoms with Crippen molar-refractivity contribution in [3.05, 3.63) is 66.6 Å². The molecule has 3 heterocycles. The zero-order valence-electron chi connectivity index (χ0n) is 21.2. The van der Waals surface area contributed by atoms with E-state index in [0.717, 1.165) is 33.1 Å². The lowest BCUT2D eigenvalue weighted by molar-refractivity contribution is -0.112. The maximum atomic E-state index is 12.8. The van der Waals surface area contributed by atoms with Crippen molar-refractivity contribution in [1.82, 2.24) is 19.9 Å². The number of nitrogens with one attached hydrogen (secondary N) is 3. The quantitative estimate of drug-likeness (QED) is 0.309. The van der Waals surface area contributed by atoms with E-state index in [4.69, 9.17) is 4.74 Å². The molecule has 1 aliphatic heterocycles. The average molecular weight is 499 g/mol. The summed E-state index contributed by atoms with van der Waals surface area (Å²) in [6, 6.07) is 13.6. The number of carbonyl (C=O) groups excluding carboxylic acids is 2. The number of rotatable bonds is 4. The van der Waals surface area contributed by atoms with Gasteiger partial charge in [0.15, 0.2) is 0 Å². The molecule has 1 saturated heterocycles. The first-order valence-corrected chi connectivity index (χ1v) is 12.3. The molecule has 1 fully saturated rings. The molecule has 0 radical (unpaired) electrons. The van der Waals surface area contributed by atoms with Gasteiger partial charge in [-0.25, -0.2) is 14.8 Å². The molecule has 0 atom stereocenters. The van der Waals surface area contributed by atoms with Crippen molar-refractivity contribution in [2.24, 2.45) is 0 Å². The fourth-order valence-electron chi connectivity index (χ4n) is 4.31. The average Bonchev–Trinajstić information content (AvgIpc) is 3.32. The molecule has 0 unspecified atom stereocenters. The standard InChI is InChI=1S/C28H30N6O3/c1-28(2,3)37-27(36)34-12-9-18(10-13-34)14-25(35)32-21-5-7-24-22(16-21)26(31-17-30-24)33-20-4-6-23-19(15-20)8-11-29-23/h4-8,11,14-17,29H,9-10,12-13H2,1-3H3,(H,32,35)(H,30,31,33). The fourth-order valence-corrected chi connectivity index (χ4v) is 4.31. The summed E-state index contributed by atoms with van der Waals surface area (Å²) in [5.74, 6) is 0.452. The van der Waals surface area contributed by atoms with Crippen molar-refractivity contribution >= 4 is 51.0 Å². The molecule has 4 aromatic rings. The van der Waals surface area contributed by atoms with Gasteiger partial charge in [0, 0.05) is 53.0 Å². The summed E-state index contributed by atoms with van der Waals surface area (Å²) in [6.07, 6.45) is 6.01. The van der Waals surface area contributed by atoms with Crippen molar-refractivity contribution in [2.45, 2.75) is 39.2 Å². The summed E-state index contributed by atoms with van der Waals surface area (Å²) in [6.45, 7) is 6.62. The molecule has 1 aliphatic rings. The van der Waals surface area contributed by atoms with Crippen LogP contribution in [0.15, 0.2) is 66.6 Å². The Hall–Kier alpha value is -4.40. The SMILES string of the molecule is CC(C)(C)OC(=O)N1CCC(=CC(=O)Nc2ccc3ncnc(Nc4ccc5[nH]ccc5c4)c3c2)CC1. The van der Waals surface area contributed by atoms with Crippen molar-refractivity contribution in [2.75, 3.05) is 23.7 Å². The zero-order chi connectivity index (χ0) is 26.0. The Balaban J connectivity index is 1.26. The number of hydrogen-bond acceptors (Lipinski definition) is 6. The molecular formula is C28H30N6O3. The summed E-state index contributed by atoms with van der Waals surface area (Å²) in [5.41, 5.74) is 3.87. The number of aromatic amines is 1. The van der Waals surface area contributed by atoms with Crippen LogP contribution in [0.3, 0.4) is 0 Å². The molecule has 2 aromatic heterocycles. The summed E-state index contributed by atoms with van der Waals surface area (Å²) >= 11 is 0. The molecule has 9 heteroatoms. The van der Waals surface area contributed by atoms with E-state index in [1.165, 1.54) is 6.33 Å². The second kappa shape index (κ2) is 9.93. The van der Waals surface area contributed by atoms with Crippen LogP contribution in [0.2, 0.25) is 0 Å². The minimum atomic E-state index is -0.525. The minimum Gasteiger partial charge on any atom is -0.444 e. The third-order valence-corrected chi connectivity index (χ3v) is 6.11. The monoisotopic (exact) mass is 498 g/mol. The number of nitrogens with zero attached hydrogens (tertiary/aromatic N) is 3. The smallest absolute Gasteiger partial charge is 0.410 e. The normalized spacial score (nSPS) is 14.0. The van der Waals surface area contributed by atoms with Gasteiger partial charge in [-0.05, 0) is 76.1 Å². The van der Waals surface area contributed by atoms with Crippen LogP contribution in [0, 0.1) is 0 Å². The highest BCUT2D eigenvalue weighted by molar-refractivity contribution is 6.02. The van der Waals surface area contributed by atoms with Crippen molar-refractivity contribution in [3.8, 4) is 0 Å². The summed E-state index contributed by atoms with van der Waals surface area (Å²) in [4.78, 5) is 38.7. The Labute approximate surface area is 214 Å². The maximum absolute atomic E-state index is 12.8. The topological polar surface area (TPSA) is 112 Å². The lowest BCUT2D eigenvalue weighted by Crippen LogP contribution is -2.40. The number of aromatic nitrogens is 3. The Kier molecular flexibility index (Phi) is 6.52. The molecule has 190 valence electrons. The molecule has 3 N–H and O–H groups in total. The molecule has 37 heavy (non-hydrogen) atoms. The van der Waals surface area contributed by atoms with E-state index in [9.17, 15) is 9.59 Å². The number of piperidine rings is 1. The van der Waals surface area contributed by atoms with Gasteiger partial charge in [0.1, 0.15) is 17.7 Å². The number of fused-ring (bicyclic) bond motifs is 2. The Morgan fingerprint density at radius 1 is 1.03 bits per heavy atom. The molecule has 0 spiro atoms. The lowest BCUT2D eigenvalue weighted by Gasteiger charge is -2.30. The van der Waals surface area contributed by atoms with Crippen LogP contribution in [0.1, 0.15) is 33.6 Å². The summed E-state index contributed by atoms with van der Waals surface area (Å²) < 4.78 is 5.44. The van der Waals surface area contributed by atoms with Crippen LogP contribution in [-0.2, 0) is 9.53 Å². The van der Waals surface area contributed by atoms with E-state index in [1.54, 1.807) is 11.0 Å². The molecule has 9 nitrogen and oxygen atoms in total. The third-order valence-electron chi connectivity index (χ3n) is 6.11. The van der Waals surface area contributed by atoms with Crippen molar-refractivity contribution in [1.29, 1.82) is 0 Å². The fraction of sp³-hybridized carbons (Fsp3) is 0.286. The Morgan fingerprint density at radius 2 is 1.81 bits per heavy atom. The molecule has 5 rings (SSSR count). The number of benzene rings is 2. The largest absolute Gasteiger partial charge is 0.444 e. The van der Waals surface area contributed by atoms with Crippen LogP contribution < -0.4 is 10.6 Å². The maximum Gasteiger partial charge on any atom is 0.410 e. The molecule has 0 aliphatic carbocycles. The predicted octanol–water partition coefficient (Wildman–Crippen LogP) is 5.75. The van der Waals surface area contributed by atoms with Gasteiger partial charge in [0.05, 0.1) is 5.52 Å². The summed E-state index contributed by atoms with van der Waals surface area (Å²) in [5, 5.41) is 8.22. The number of H-pyrrole nitrogens is 1. The number of ether oxygens (including phenoxy) is 1. The van der Waals surface area contributed by atoms with Gasteiger partial charge in [0.2, 0.25) is 5.91 Å². The number of anilines is 3. The van der Waals surface area contributed by atoms with Gasteiger partial charge >= 0.3 is 6.09 Å². The molecule has 2 aromatic carbocycles.